The van der Waals surface area contributed by atoms with E-state index >= 15 is 0 Å². The topological polar surface area (TPSA) is 49.4 Å². The Bertz CT molecular complexity index is 817. The minimum Gasteiger partial charge on any atom is -0.352 e. The lowest BCUT2D eigenvalue weighted by atomic mass is 9.79. The quantitative estimate of drug-likeness (QED) is 0.748. The van der Waals surface area contributed by atoms with Crippen LogP contribution in [0.3, 0.4) is 0 Å². The highest BCUT2D eigenvalue weighted by Gasteiger charge is 2.34. The lowest BCUT2D eigenvalue weighted by Gasteiger charge is -2.35. The second kappa shape index (κ2) is 9.25. The summed E-state index contributed by atoms with van der Waals surface area (Å²) in [5, 5.41) is 3.19. The number of carbonyl (C=O) groups excluding carboxylic acids is 2. The number of benzene rings is 2. The minimum absolute atomic E-state index is 0.0104. The molecule has 0 aliphatic carbocycles. The maximum Gasteiger partial charge on any atom is 0.247 e. The van der Waals surface area contributed by atoms with Gasteiger partial charge in [-0.25, -0.2) is 0 Å². The molecule has 0 saturated carbocycles. The van der Waals surface area contributed by atoms with Gasteiger partial charge in [-0.3, -0.25) is 9.59 Å². The summed E-state index contributed by atoms with van der Waals surface area (Å²) in [5.74, 6) is -0.0275. The Labute approximate surface area is 174 Å². The Balaban J connectivity index is 1.75. The molecule has 0 spiro atoms. The van der Waals surface area contributed by atoms with Crippen molar-refractivity contribution in [2.75, 3.05) is 6.54 Å². The van der Waals surface area contributed by atoms with Crippen LogP contribution in [0.5, 0.6) is 0 Å². The van der Waals surface area contributed by atoms with E-state index in [1.54, 1.807) is 4.90 Å². The molecule has 2 aromatic carbocycles. The van der Waals surface area contributed by atoms with Crippen LogP contribution in [0.15, 0.2) is 60.7 Å². The number of amides is 2. The molecule has 1 heterocycles. The van der Waals surface area contributed by atoms with Gasteiger partial charge < -0.3 is 10.2 Å². The number of carbonyl (C=O) groups is 2. The normalized spacial score (nSPS) is 16.9. The van der Waals surface area contributed by atoms with Gasteiger partial charge in [0.05, 0.1) is 0 Å². The van der Waals surface area contributed by atoms with Gasteiger partial charge in [-0.05, 0) is 42.7 Å². The average Bonchev–Trinajstić information content (AvgIpc) is 2.70. The van der Waals surface area contributed by atoms with Crippen molar-refractivity contribution >= 4 is 11.8 Å². The molecule has 29 heavy (non-hydrogen) atoms. The zero-order valence-electron chi connectivity index (χ0n) is 17.7. The lowest BCUT2D eigenvalue weighted by molar-refractivity contribution is -0.143. The molecule has 1 N–H and O–H groups in total. The molecule has 2 aromatic rings. The molecule has 4 heteroatoms. The van der Waals surface area contributed by atoms with Crippen LogP contribution in [0.2, 0.25) is 0 Å². The van der Waals surface area contributed by atoms with Crippen LogP contribution in [0.25, 0.3) is 0 Å². The van der Waals surface area contributed by atoms with Gasteiger partial charge >= 0.3 is 0 Å². The summed E-state index contributed by atoms with van der Waals surface area (Å²) in [6.45, 7) is 7.08. The maximum atomic E-state index is 13.3. The van der Waals surface area contributed by atoms with Crippen molar-refractivity contribution in [2.45, 2.75) is 64.0 Å². The molecule has 2 unspecified atom stereocenters. The van der Waals surface area contributed by atoms with Crippen molar-refractivity contribution in [3.05, 3.63) is 71.8 Å². The number of hydrogen-bond donors (Lipinski definition) is 1. The predicted octanol–water partition coefficient (Wildman–Crippen LogP) is 4.61. The summed E-state index contributed by atoms with van der Waals surface area (Å²) in [7, 11) is 0. The van der Waals surface area contributed by atoms with E-state index in [1.165, 1.54) is 5.56 Å². The average molecular weight is 393 g/mol. The molecular weight excluding hydrogens is 360 g/mol. The first-order valence-electron chi connectivity index (χ1n) is 10.6. The number of nitrogens with one attached hydrogen (secondary N) is 1. The van der Waals surface area contributed by atoms with Crippen molar-refractivity contribution in [1.29, 1.82) is 0 Å². The number of nitrogens with zero attached hydrogens (tertiary/aromatic N) is 1. The third kappa shape index (κ3) is 5.26. The van der Waals surface area contributed by atoms with Crippen LogP contribution < -0.4 is 5.32 Å². The highest BCUT2D eigenvalue weighted by atomic mass is 16.2. The second-order valence-corrected chi connectivity index (χ2v) is 8.72. The van der Waals surface area contributed by atoms with Gasteiger partial charge in [0.2, 0.25) is 11.8 Å². The van der Waals surface area contributed by atoms with Crippen LogP contribution >= 0.6 is 0 Å². The van der Waals surface area contributed by atoms with Gasteiger partial charge in [-0.1, -0.05) is 74.5 Å². The first-order chi connectivity index (χ1) is 13.9. The largest absolute Gasteiger partial charge is 0.352 e. The Kier molecular flexibility index (Phi) is 6.73. The van der Waals surface area contributed by atoms with Crippen LogP contribution in [-0.4, -0.2) is 29.3 Å². The van der Waals surface area contributed by atoms with E-state index in [0.29, 0.717) is 13.0 Å². The minimum atomic E-state index is -0.564. The molecule has 0 bridgehead atoms. The molecule has 1 fully saturated rings. The molecule has 1 saturated heterocycles. The van der Waals surface area contributed by atoms with Gasteiger partial charge in [0.15, 0.2) is 0 Å². The molecule has 154 valence electrons. The van der Waals surface area contributed by atoms with Crippen molar-refractivity contribution in [3.63, 3.8) is 0 Å². The monoisotopic (exact) mass is 392 g/mol. The summed E-state index contributed by atoms with van der Waals surface area (Å²) < 4.78 is 0. The van der Waals surface area contributed by atoms with Gasteiger partial charge in [-0.15, -0.1) is 0 Å². The van der Waals surface area contributed by atoms with Crippen LogP contribution in [0.1, 0.15) is 63.6 Å². The Hall–Kier alpha value is -2.62. The van der Waals surface area contributed by atoms with Crippen LogP contribution in [0, 0.1) is 0 Å². The summed E-state index contributed by atoms with van der Waals surface area (Å²) in [6.07, 6.45) is 3.19. The first kappa shape index (κ1) is 21.1. The molecule has 1 aliphatic rings. The van der Waals surface area contributed by atoms with Gasteiger partial charge in [-0.2, -0.15) is 0 Å². The first-order valence-corrected chi connectivity index (χ1v) is 10.6. The Morgan fingerprint density at radius 1 is 1.03 bits per heavy atom. The highest BCUT2D eigenvalue weighted by Crippen LogP contribution is 2.29. The fourth-order valence-electron chi connectivity index (χ4n) is 4.35. The van der Waals surface area contributed by atoms with Crippen LogP contribution in [0.4, 0.5) is 0 Å². The van der Waals surface area contributed by atoms with Crippen LogP contribution in [-0.2, 0) is 15.0 Å². The Morgan fingerprint density at radius 2 is 1.66 bits per heavy atom. The predicted molar refractivity (Wildman–Crippen MR) is 116 cm³/mol. The summed E-state index contributed by atoms with van der Waals surface area (Å²) >= 11 is 0. The van der Waals surface area contributed by atoms with E-state index in [0.717, 1.165) is 24.8 Å². The fraction of sp³-hybridized carbons (Fsp3) is 0.440. The standard InChI is InChI=1S/C25H32N2O2/c1-19(18-25(2,3)21-14-8-5-9-15-21)26-24(29)23(20-12-6-4-7-13-20)27-17-11-10-16-22(27)28/h4-9,12-15,19,23H,10-11,16-18H2,1-3H3,(H,26,29). The number of rotatable bonds is 7. The van der Waals surface area contributed by atoms with E-state index in [-0.39, 0.29) is 23.3 Å². The molecule has 3 rings (SSSR count). The molecule has 0 radical (unpaired) electrons. The molecule has 1 aliphatic heterocycles. The SMILES string of the molecule is CC(CC(C)(C)c1ccccc1)NC(=O)C(c1ccccc1)N1CCCCC1=O. The van der Waals surface area contributed by atoms with Crippen molar-refractivity contribution in [1.82, 2.24) is 10.2 Å². The summed E-state index contributed by atoms with van der Waals surface area (Å²) in [6, 6.07) is 19.5. The zero-order chi connectivity index (χ0) is 20.9. The molecule has 4 nitrogen and oxygen atoms in total. The zero-order valence-corrected chi connectivity index (χ0v) is 17.7. The second-order valence-electron chi connectivity index (χ2n) is 8.72. The summed E-state index contributed by atoms with van der Waals surface area (Å²) in [5.41, 5.74) is 2.07. The Morgan fingerprint density at radius 3 is 2.28 bits per heavy atom. The van der Waals surface area contributed by atoms with Gasteiger partial charge in [0, 0.05) is 19.0 Å². The van der Waals surface area contributed by atoms with Crippen molar-refractivity contribution in [3.8, 4) is 0 Å². The number of piperidine rings is 1. The molecular formula is C25H32N2O2. The van der Waals surface area contributed by atoms with E-state index in [4.69, 9.17) is 0 Å². The fourth-order valence-corrected chi connectivity index (χ4v) is 4.35. The summed E-state index contributed by atoms with van der Waals surface area (Å²) in [4.78, 5) is 27.6. The van der Waals surface area contributed by atoms with E-state index < -0.39 is 6.04 Å². The van der Waals surface area contributed by atoms with Crippen molar-refractivity contribution < 1.29 is 9.59 Å². The van der Waals surface area contributed by atoms with E-state index in [1.807, 2.05) is 55.5 Å². The molecule has 2 amide bonds. The third-order valence-corrected chi connectivity index (χ3v) is 5.80. The number of likely N-dealkylation sites (tertiary alicyclic amines) is 1. The maximum absolute atomic E-state index is 13.3. The molecule has 0 aromatic heterocycles. The number of hydrogen-bond acceptors (Lipinski definition) is 2. The highest BCUT2D eigenvalue weighted by molar-refractivity contribution is 5.89. The smallest absolute Gasteiger partial charge is 0.247 e. The van der Waals surface area contributed by atoms with E-state index in [2.05, 4.69) is 31.3 Å². The molecule has 2 atom stereocenters. The van der Waals surface area contributed by atoms with E-state index in [9.17, 15) is 9.59 Å². The van der Waals surface area contributed by atoms with Gasteiger partial charge in [0.25, 0.3) is 0 Å². The van der Waals surface area contributed by atoms with Gasteiger partial charge in [0.1, 0.15) is 6.04 Å². The third-order valence-electron chi connectivity index (χ3n) is 5.80. The van der Waals surface area contributed by atoms with Crippen molar-refractivity contribution in [2.24, 2.45) is 0 Å². The lowest BCUT2D eigenvalue weighted by Crippen LogP contribution is -2.48.